The summed E-state index contributed by atoms with van der Waals surface area (Å²) in [4.78, 5) is 26.1. The highest BCUT2D eigenvalue weighted by Crippen LogP contribution is 2.35. The van der Waals surface area contributed by atoms with Crippen molar-refractivity contribution in [2.75, 3.05) is 20.3 Å². The van der Waals surface area contributed by atoms with Crippen LogP contribution < -0.4 is 4.74 Å². The number of amides is 2. The second-order valence-electron chi connectivity index (χ2n) is 6.20. The molecule has 1 fully saturated rings. The van der Waals surface area contributed by atoms with E-state index in [0.29, 0.717) is 22.8 Å². The van der Waals surface area contributed by atoms with Crippen molar-refractivity contribution in [1.29, 1.82) is 5.26 Å². The van der Waals surface area contributed by atoms with Gasteiger partial charge in [-0.25, -0.2) is 0 Å². The number of carbonyl (C=O) groups excluding carboxylic acids is 2. The molecule has 0 aliphatic carbocycles. The lowest BCUT2D eigenvalue weighted by atomic mass is 10.1. The zero-order valence-corrected chi connectivity index (χ0v) is 21.0. The summed E-state index contributed by atoms with van der Waals surface area (Å²) in [6.07, 6.45) is 1.72. The van der Waals surface area contributed by atoms with Crippen LogP contribution in [0, 0.1) is 18.5 Å². The molecule has 1 aliphatic heterocycles. The fraction of sp³-hybridized carbons (Fsp3) is 0.190. The van der Waals surface area contributed by atoms with Crippen LogP contribution in [0.3, 0.4) is 0 Å². The van der Waals surface area contributed by atoms with E-state index >= 15 is 0 Å². The Morgan fingerprint density at radius 3 is 2.57 bits per heavy atom. The molecule has 0 bridgehead atoms. The average molecular weight is 646 g/mol. The van der Waals surface area contributed by atoms with E-state index in [1.807, 2.05) is 30.3 Å². The number of hydrogen-bond acceptors (Lipinski definition) is 6. The van der Waals surface area contributed by atoms with Gasteiger partial charge in [0.25, 0.3) is 11.1 Å². The second-order valence-corrected chi connectivity index (χ2v) is 9.52. The third-order valence-corrected chi connectivity index (χ3v) is 6.73. The van der Waals surface area contributed by atoms with E-state index in [1.54, 1.807) is 12.1 Å². The van der Waals surface area contributed by atoms with E-state index in [0.717, 1.165) is 30.0 Å². The standard InChI is InChI=1S/C21H16I2N2O4S/c1-28-7-6-25-20(26)18(30-21(25)27)10-13-8-16(22)19(17(23)9-13)29-12-15-5-3-2-4-14(15)11-24/h2-5,8-10H,6-7,12H2,1H3/b18-10+. The quantitative estimate of drug-likeness (QED) is 0.311. The molecule has 3 rings (SSSR count). The van der Waals surface area contributed by atoms with Gasteiger partial charge in [-0.15, -0.1) is 0 Å². The maximum atomic E-state index is 12.5. The third-order valence-electron chi connectivity index (χ3n) is 4.22. The van der Waals surface area contributed by atoms with Gasteiger partial charge in [0, 0.05) is 12.7 Å². The minimum absolute atomic E-state index is 0.241. The number of nitriles is 1. The van der Waals surface area contributed by atoms with E-state index in [4.69, 9.17) is 9.47 Å². The van der Waals surface area contributed by atoms with E-state index in [9.17, 15) is 14.9 Å². The minimum Gasteiger partial charge on any atom is -0.487 e. The van der Waals surface area contributed by atoms with Crippen LogP contribution in [-0.2, 0) is 16.1 Å². The van der Waals surface area contributed by atoms with E-state index in [2.05, 4.69) is 51.3 Å². The number of hydrogen-bond donors (Lipinski definition) is 0. The molecule has 1 aliphatic rings. The molecular formula is C21H16I2N2O4S. The van der Waals surface area contributed by atoms with Gasteiger partial charge in [-0.2, -0.15) is 5.26 Å². The number of halogens is 2. The Bertz CT molecular complexity index is 1040. The van der Waals surface area contributed by atoms with Gasteiger partial charge in [0.2, 0.25) is 0 Å². The Labute approximate surface area is 205 Å². The van der Waals surface area contributed by atoms with Crippen molar-refractivity contribution in [2.45, 2.75) is 6.61 Å². The van der Waals surface area contributed by atoms with Gasteiger partial charge in [0.05, 0.1) is 36.8 Å². The zero-order valence-electron chi connectivity index (χ0n) is 15.9. The predicted molar refractivity (Wildman–Crippen MR) is 132 cm³/mol. The normalized spacial score (nSPS) is 15.0. The van der Waals surface area contributed by atoms with Crippen molar-refractivity contribution in [3.8, 4) is 11.8 Å². The molecule has 6 nitrogen and oxygen atoms in total. The lowest BCUT2D eigenvalue weighted by molar-refractivity contribution is -0.123. The van der Waals surface area contributed by atoms with E-state index in [-0.39, 0.29) is 24.3 Å². The van der Waals surface area contributed by atoms with Crippen LogP contribution in [0.15, 0.2) is 41.3 Å². The fourth-order valence-electron chi connectivity index (χ4n) is 2.73. The Morgan fingerprint density at radius 2 is 1.90 bits per heavy atom. The Hall–Kier alpha value is -1.62. The molecular weight excluding hydrogens is 630 g/mol. The summed E-state index contributed by atoms with van der Waals surface area (Å²) in [5, 5.41) is 8.94. The molecule has 0 N–H and O–H groups in total. The van der Waals surface area contributed by atoms with Crippen molar-refractivity contribution in [1.82, 2.24) is 4.90 Å². The largest absolute Gasteiger partial charge is 0.487 e. The molecule has 1 saturated heterocycles. The average Bonchev–Trinajstić information content (AvgIpc) is 2.98. The first kappa shape index (κ1) is 23.1. The lowest BCUT2D eigenvalue weighted by Gasteiger charge is -2.12. The molecule has 0 spiro atoms. The number of rotatable bonds is 7. The SMILES string of the molecule is COCCN1C(=O)S/C(=C/c2cc(I)c(OCc3ccccc3C#N)c(I)c2)C1=O. The fourth-order valence-corrected chi connectivity index (χ4v) is 5.73. The van der Waals surface area contributed by atoms with Crippen molar-refractivity contribution in [3.05, 3.63) is 65.1 Å². The molecule has 2 aromatic carbocycles. The summed E-state index contributed by atoms with van der Waals surface area (Å²) in [6.45, 7) is 0.833. The summed E-state index contributed by atoms with van der Waals surface area (Å²) in [6, 6.07) is 13.3. The molecule has 0 saturated carbocycles. The summed E-state index contributed by atoms with van der Waals surface area (Å²) in [5.41, 5.74) is 2.22. The van der Waals surface area contributed by atoms with Crippen molar-refractivity contribution in [2.24, 2.45) is 0 Å². The number of ether oxygens (including phenoxy) is 2. The molecule has 154 valence electrons. The third kappa shape index (κ3) is 5.35. The number of imide groups is 1. The van der Waals surface area contributed by atoms with Gasteiger partial charge in [-0.3, -0.25) is 14.5 Å². The van der Waals surface area contributed by atoms with Crippen molar-refractivity contribution < 1.29 is 19.1 Å². The highest BCUT2D eigenvalue weighted by atomic mass is 127. The minimum atomic E-state index is -0.305. The first-order chi connectivity index (χ1) is 14.4. The molecule has 9 heteroatoms. The summed E-state index contributed by atoms with van der Waals surface area (Å²) >= 11 is 5.29. The number of carbonyl (C=O) groups is 2. The highest BCUT2D eigenvalue weighted by molar-refractivity contribution is 14.1. The van der Waals surface area contributed by atoms with Crippen LogP contribution in [0.5, 0.6) is 5.75 Å². The number of nitrogens with zero attached hydrogens (tertiary/aromatic N) is 2. The molecule has 0 radical (unpaired) electrons. The Kier molecular flexibility index (Phi) is 8.15. The first-order valence-corrected chi connectivity index (χ1v) is 11.8. The summed E-state index contributed by atoms with van der Waals surface area (Å²) < 4.78 is 12.7. The van der Waals surface area contributed by atoms with Crippen molar-refractivity contribution >= 4 is 74.2 Å². The van der Waals surface area contributed by atoms with Gasteiger partial charge in [0.15, 0.2) is 0 Å². The van der Waals surface area contributed by atoms with Gasteiger partial charge >= 0.3 is 0 Å². The first-order valence-electron chi connectivity index (χ1n) is 8.78. The molecule has 1 heterocycles. The summed E-state index contributed by atoms with van der Waals surface area (Å²) in [7, 11) is 1.53. The monoisotopic (exact) mass is 646 g/mol. The zero-order chi connectivity index (χ0) is 21.7. The number of benzene rings is 2. The van der Waals surface area contributed by atoms with E-state index in [1.165, 1.54) is 12.0 Å². The molecule has 30 heavy (non-hydrogen) atoms. The molecule has 2 amide bonds. The summed E-state index contributed by atoms with van der Waals surface area (Å²) in [5.74, 6) is 0.412. The van der Waals surface area contributed by atoms with Gasteiger partial charge in [-0.1, -0.05) is 18.2 Å². The number of methoxy groups -OCH3 is 1. The van der Waals surface area contributed by atoms with Crippen LogP contribution in [0.1, 0.15) is 16.7 Å². The van der Waals surface area contributed by atoms with Gasteiger partial charge in [0.1, 0.15) is 12.4 Å². The van der Waals surface area contributed by atoms with Crippen molar-refractivity contribution in [3.63, 3.8) is 0 Å². The molecule has 0 atom stereocenters. The van der Waals surface area contributed by atoms with Crippen LogP contribution in [0.2, 0.25) is 0 Å². The smallest absolute Gasteiger partial charge is 0.293 e. The predicted octanol–water partition coefficient (Wildman–Crippen LogP) is 5.03. The molecule has 2 aromatic rings. The second kappa shape index (κ2) is 10.6. The Morgan fingerprint density at radius 1 is 1.20 bits per heavy atom. The molecule has 0 aromatic heterocycles. The Balaban J connectivity index is 1.78. The van der Waals surface area contributed by atoms with Crippen LogP contribution in [0.25, 0.3) is 6.08 Å². The maximum Gasteiger partial charge on any atom is 0.293 e. The molecule has 0 unspecified atom stereocenters. The lowest BCUT2D eigenvalue weighted by Crippen LogP contribution is -2.31. The van der Waals surface area contributed by atoms with E-state index < -0.39 is 0 Å². The number of thioether (sulfide) groups is 1. The highest BCUT2D eigenvalue weighted by Gasteiger charge is 2.34. The van der Waals surface area contributed by atoms with Gasteiger partial charge in [-0.05, 0) is 86.8 Å². The van der Waals surface area contributed by atoms with Crippen LogP contribution in [-0.4, -0.2) is 36.3 Å². The van der Waals surface area contributed by atoms with Crippen LogP contribution >= 0.6 is 56.9 Å². The topological polar surface area (TPSA) is 79.6 Å². The van der Waals surface area contributed by atoms with Gasteiger partial charge < -0.3 is 9.47 Å². The maximum absolute atomic E-state index is 12.5. The van der Waals surface area contributed by atoms with Crippen LogP contribution in [0.4, 0.5) is 4.79 Å².